The molecule has 4 aromatic rings. The highest BCUT2D eigenvalue weighted by atomic mass is 32.2. The molecule has 0 saturated carbocycles. The zero-order valence-corrected chi connectivity index (χ0v) is 40.6. The maximum absolute atomic E-state index is 14.2. The Morgan fingerprint density at radius 2 is 1.68 bits per heavy atom. The number of amides is 1. The quantitative estimate of drug-likeness (QED) is 0.0650. The first-order valence-electron chi connectivity index (χ1n) is 22.4. The van der Waals surface area contributed by atoms with Crippen LogP contribution in [-0.2, 0) is 53.3 Å². The molecule has 1 amide bonds. The summed E-state index contributed by atoms with van der Waals surface area (Å²) < 4.78 is 68.5. The summed E-state index contributed by atoms with van der Waals surface area (Å²) in [5.74, 6) is 1.11. The second kappa shape index (κ2) is 25.9. The lowest BCUT2D eigenvalue weighted by Crippen LogP contribution is -2.52. The van der Waals surface area contributed by atoms with E-state index in [2.05, 4.69) is 15.3 Å². The number of nitrogens with zero attached hydrogens (tertiary/aromatic N) is 4. The second-order valence-electron chi connectivity index (χ2n) is 16.3. The molecular formula is C47H65N5O12S2. The van der Waals surface area contributed by atoms with Gasteiger partial charge in [-0.1, -0.05) is 45.9 Å². The first-order valence-corrected chi connectivity index (χ1v) is 24.7. The van der Waals surface area contributed by atoms with E-state index < -0.39 is 40.8 Å². The van der Waals surface area contributed by atoms with Gasteiger partial charge in [0.15, 0.2) is 17.8 Å². The second-order valence-corrected chi connectivity index (χ2v) is 19.3. The molecule has 17 nitrogen and oxygen atoms in total. The van der Waals surface area contributed by atoms with E-state index in [4.69, 9.17) is 33.2 Å². The van der Waals surface area contributed by atoms with Crippen molar-refractivity contribution in [2.24, 2.45) is 11.8 Å². The normalized spacial score (nSPS) is 17.1. The number of hydrogen-bond donors (Lipinski definition) is 2. The molecule has 7 rings (SSSR count). The van der Waals surface area contributed by atoms with Crippen LogP contribution in [0.1, 0.15) is 68.2 Å². The number of carboxylic acid groups (broad SMARTS) is 1. The number of sulfonamides is 1. The lowest BCUT2D eigenvalue weighted by Gasteiger charge is -2.32. The van der Waals surface area contributed by atoms with Crippen molar-refractivity contribution < 1.29 is 56.3 Å². The van der Waals surface area contributed by atoms with Crippen molar-refractivity contribution in [2.45, 2.75) is 97.3 Å². The predicted octanol–water partition coefficient (Wildman–Crippen LogP) is 6.84. The van der Waals surface area contributed by atoms with E-state index in [1.807, 2.05) is 77.1 Å². The van der Waals surface area contributed by atoms with Gasteiger partial charge in [0.2, 0.25) is 16.8 Å². The molecule has 1 unspecified atom stereocenters. The maximum atomic E-state index is 14.2. The Morgan fingerprint density at radius 1 is 0.955 bits per heavy atom. The number of likely N-dealkylation sites (N-methyl/N-ethyl adjacent to an activating group) is 1. The van der Waals surface area contributed by atoms with Crippen LogP contribution in [0.4, 0.5) is 4.79 Å². The molecule has 0 aliphatic carbocycles. The summed E-state index contributed by atoms with van der Waals surface area (Å²) in [7, 11) is -2.30. The Kier molecular flexibility index (Phi) is 20.4. The summed E-state index contributed by atoms with van der Waals surface area (Å²) in [5, 5.41) is 15.3. The zero-order chi connectivity index (χ0) is 47.6. The van der Waals surface area contributed by atoms with Gasteiger partial charge in [0, 0.05) is 42.7 Å². The Labute approximate surface area is 392 Å². The molecule has 2 atom stereocenters. The van der Waals surface area contributed by atoms with Gasteiger partial charge in [0.05, 0.1) is 53.7 Å². The Balaban J connectivity index is 0.000000720. The standard InChI is InChI=1S/C39H49N5O10S2.C6H10O2.C2H6/c1-26(2)19-44(56(48,49)33-13-14-35-36(18-33)53-25-52-35)21-37(54-38(45)23-50-16-15-43(5)20-30-8-6-7-27(3)40-30)34(42-39(46)47)17-29-9-11-32(12-10-29)51-22-31-24-55-28(4)41-31;1-3-7-6-5(1)2-4-8-6;1-2/h6-14,18,24,26,34,37,42H,15-17,19-23,25H2,1-5H3,(H,46,47);5-6H,1-4H2;1-2H3/t34-,37?;;/m0../s1. The predicted molar refractivity (Wildman–Crippen MR) is 248 cm³/mol. The fourth-order valence-electron chi connectivity index (χ4n) is 7.38. The molecule has 2 aromatic heterocycles. The molecule has 362 valence electrons. The van der Waals surface area contributed by atoms with Crippen molar-refractivity contribution in [3.63, 3.8) is 0 Å². The molecule has 0 radical (unpaired) electrons. The monoisotopic (exact) mass is 955 g/mol. The summed E-state index contributed by atoms with van der Waals surface area (Å²) in [6.07, 6.45) is 0.0354. The van der Waals surface area contributed by atoms with E-state index in [0.29, 0.717) is 30.2 Å². The smallest absolute Gasteiger partial charge is 0.405 e. The van der Waals surface area contributed by atoms with Crippen molar-refractivity contribution in [1.82, 2.24) is 24.5 Å². The fraction of sp³-hybridized carbons (Fsp3) is 0.532. The minimum Gasteiger partial charge on any atom is -0.487 e. The fourth-order valence-corrected chi connectivity index (χ4v) is 9.61. The Bertz CT molecular complexity index is 2220. The molecule has 3 aliphatic heterocycles. The molecule has 3 aliphatic rings. The maximum Gasteiger partial charge on any atom is 0.405 e. The summed E-state index contributed by atoms with van der Waals surface area (Å²) in [6.45, 7) is 14.2. The number of carbonyl (C=O) groups is 2. The van der Waals surface area contributed by atoms with Crippen LogP contribution in [0, 0.1) is 25.7 Å². The average Bonchev–Trinajstić information content (AvgIpc) is 4.12. The summed E-state index contributed by atoms with van der Waals surface area (Å²) in [6, 6.07) is 16.1. The number of aromatic nitrogens is 2. The van der Waals surface area contributed by atoms with Crippen LogP contribution in [0.2, 0.25) is 0 Å². The highest BCUT2D eigenvalue weighted by molar-refractivity contribution is 7.89. The first kappa shape index (κ1) is 52.1. The number of ether oxygens (including phenoxy) is 7. The minimum atomic E-state index is -4.21. The van der Waals surface area contributed by atoms with Gasteiger partial charge in [0.25, 0.3) is 0 Å². The zero-order valence-electron chi connectivity index (χ0n) is 39.0. The number of rotatable bonds is 21. The van der Waals surface area contributed by atoms with Crippen LogP contribution in [0.3, 0.4) is 0 Å². The average molecular weight is 956 g/mol. The van der Waals surface area contributed by atoms with E-state index in [0.717, 1.165) is 41.2 Å². The highest BCUT2D eigenvalue weighted by Crippen LogP contribution is 2.35. The lowest BCUT2D eigenvalue weighted by atomic mass is 10.0. The largest absolute Gasteiger partial charge is 0.487 e. The van der Waals surface area contributed by atoms with E-state index in [-0.39, 0.29) is 62.4 Å². The SMILES string of the molecule is C1CC2CCOC2O1.CC.Cc1cccc(CN(C)CCOCC(=O)OC(CN(CC(C)C)S(=O)(=O)c2ccc3c(c2)OCO3)[C@H](Cc2ccc(OCc3csc(C)n3)cc2)NC(=O)O)n1. The number of fused-ring (bicyclic) bond motifs is 2. The van der Waals surface area contributed by atoms with Crippen molar-refractivity contribution in [1.29, 1.82) is 0 Å². The number of nitrogens with one attached hydrogen (secondary N) is 1. The van der Waals surface area contributed by atoms with Gasteiger partial charge in [-0.2, -0.15) is 4.31 Å². The van der Waals surface area contributed by atoms with Gasteiger partial charge in [-0.05, 0) is 88.0 Å². The molecule has 19 heteroatoms. The van der Waals surface area contributed by atoms with Gasteiger partial charge in [-0.25, -0.2) is 23.0 Å². The molecule has 0 spiro atoms. The van der Waals surface area contributed by atoms with E-state index in [1.165, 1.54) is 46.7 Å². The van der Waals surface area contributed by atoms with Crippen molar-refractivity contribution in [3.05, 3.63) is 93.7 Å². The molecule has 2 N–H and O–H groups in total. The number of carbonyl (C=O) groups excluding carboxylic acids is 1. The molecule has 0 bridgehead atoms. The van der Waals surface area contributed by atoms with Crippen molar-refractivity contribution in [3.8, 4) is 17.2 Å². The number of hydrogen-bond acceptors (Lipinski definition) is 15. The number of aryl methyl sites for hydroxylation is 2. The molecular weight excluding hydrogens is 891 g/mol. The third-order valence-corrected chi connectivity index (χ3v) is 13.2. The van der Waals surface area contributed by atoms with Gasteiger partial charge < -0.3 is 43.6 Å². The molecule has 5 heterocycles. The van der Waals surface area contributed by atoms with Gasteiger partial charge in [-0.15, -0.1) is 11.3 Å². The topological polar surface area (TPSA) is 197 Å². The van der Waals surface area contributed by atoms with E-state index in [1.54, 1.807) is 24.3 Å². The van der Waals surface area contributed by atoms with E-state index in [9.17, 15) is 23.1 Å². The summed E-state index contributed by atoms with van der Waals surface area (Å²) >= 11 is 1.53. The number of pyridine rings is 1. The van der Waals surface area contributed by atoms with Crippen molar-refractivity contribution in [2.75, 3.05) is 59.9 Å². The summed E-state index contributed by atoms with van der Waals surface area (Å²) in [5.41, 5.74) is 3.32. The summed E-state index contributed by atoms with van der Waals surface area (Å²) in [4.78, 5) is 36.5. The van der Waals surface area contributed by atoms with Crippen LogP contribution in [0.25, 0.3) is 0 Å². The van der Waals surface area contributed by atoms with Crippen LogP contribution in [-0.4, -0.2) is 123 Å². The Hall–Kier alpha value is -4.89. The minimum absolute atomic E-state index is 0.0318. The highest BCUT2D eigenvalue weighted by Gasteiger charge is 2.36. The third kappa shape index (κ3) is 16.2. The van der Waals surface area contributed by atoms with Crippen LogP contribution in [0.15, 0.2) is 70.9 Å². The molecule has 2 saturated heterocycles. The van der Waals surface area contributed by atoms with Crippen LogP contribution < -0.4 is 19.5 Å². The first-order chi connectivity index (χ1) is 31.7. The van der Waals surface area contributed by atoms with E-state index >= 15 is 0 Å². The molecule has 2 aromatic carbocycles. The Morgan fingerprint density at radius 3 is 2.33 bits per heavy atom. The number of esters is 1. The molecule has 66 heavy (non-hydrogen) atoms. The molecule has 2 fully saturated rings. The van der Waals surface area contributed by atoms with Crippen LogP contribution in [0.5, 0.6) is 17.2 Å². The van der Waals surface area contributed by atoms with Crippen LogP contribution >= 0.6 is 11.3 Å². The lowest BCUT2D eigenvalue weighted by molar-refractivity contribution is -0.156. The van der Waals surface area contributed by atoms with Crippen molar-refractivity contribution >= 4 is 33.4 Å². The van der Waals surface area contributed by atoms with Gasteiger partial charge >= 0.3 is 12.1 Å². The third-order valence-electron chi connectivity index (χ3n) is 10.5. The number of benzene rings is 2. The van der Waals surface area contributed by atoms with Gasteiger partial charge in [0.1, 0.15) is 25.1 Å². The number of thiazole rings is 1. The van der Waals surface area contributed by atoms with Gasteiger partial charge in [-0.3, -0.25) is 9.88 Å².